The van der Waals surface area contributed by atoms with Crippen molar-refractivity contribution in [2.45, 2.75) is 39.0 Å². The third-order valence-electron chi connectivity index (χ3n) is 3.14. The van der Waals surface area contributed by atoms with Gasteiger partial charge in [0.1, 0.15) is 5.82 Å². The van der Waals surface area contributed by atoms with Gasteiger partial charge in [0.05, 0.1) is 22.4 Å². The molecule has 0 aliphatic carbocycles. The maximum atomic E-state index is 6.15. The van der Waals surface area contributed by atoms with Gasteiger partial charge in [0.25, 0.3) is 0 Å². The molecule has 2 heterocycles. The first kappa shape index (κ1) is 14.6. The van der Waals surface area contributed by atoms with Gasteiger partial charge < -0.3 is 15.0 Å². The Kier molecular flexibility index (Phi) is 4.33. The molecule has 0 amide bonds. The van der Waals surface area contributed by atoms with Crippen molar-refractivity contribution in [1.29, 1.82) is 0 Å². The molecule has 0 radical (unpaired) electrons. The zero-order valence-corrected chi connectivity index (χ0v) is 12.8. The maximum absolute atomic E-state index is 6.15. The summed E-state index contributed by atoms with van der Waals surface area (Å²) in [6.45, 7) is 8.69. The highest BCUT2D eigenvalue weighted by Crippen LogP contribution is 2.26. The summed E-state index contributed by atoms with van der Waals surface area (Å²) in [5.41, 5.74) is 0.737. The lowest BCUT2D eigenvalue weighted by Crippen LogP contribution is -2.52. The third kappa shape index (κ3) is 3.59. The summed E-state index contributed by atoms with van der Waals surface area (Å²) in [5, 5.41) is 3.80. The van der Waals surface area contributed by atoms with Crippen molar-refractivity contribution in [3.05, 3.63) is 22.8 Å². The maximum Gasteiger partial charge on any atom is 0.129 e. The normalized spacial score (nSPS) is 22.6. The number of anilines is 1. The van der Waals surface area contributed by atoms with E-state index in [4.69, 9.17) is 16.3 Å². The molecule has 1 aliphatic rings. The molecule has 0 bridgehead atoms. The van der Waals surface area contributed by atoms with Crippen LogP contribution in [0, 0.1) is 0 Å². The largest absolute Gasteiger partial charge is 0.369 e. The number of rotatable bonds is 3. The Morgan fingerprint density at radius 3 is 2.89 bits per heavy atom. The molecular weight excluding hydrogens is 262 g/mol. The van der Waals surface area contributed by atoms with Crippen LogP contribution in [0.25, 0.3) is 0 Å². The number of pyridine rings is 1. The Morgan fingerprint density at radius 1 is 1.53 bits per heavy atom. The second-order valence-corrected chi connectivity index (χ2v) is 6.10. The van der Waals surface area contributed by atoms with Crippen LogP contribution in [0.1, 0.15) is 26.5 Å². The fraction of sp³-hybridized carbons (Fsp3) is 0.643. The first-order valence-corrected chi connectivity index (χ1v) is 7.02. The van der Waals surface area contributed by atoms with E-state index in [0.717, 1.165) is 24.6 Å². The van der Waals surface area contributed by atoms with Crippen LogP contribution in [0.5, 0.6) is 0 Å². The SMILES string of the molecule is CNCc1nc(N2CC(C)OC(C)(C)C2)ccc1Cl. The standard InChI is InChI=1S/C14H22ClN3O/c1-10-8-18(9-14(2,3)19-10)13-6-5-11(15)12(17-13)7-16-4/h5-6,10,16H,7-9H2,1-4H3. The first-order valence-electron chi connectivity index (χ1n) is 6.64. The van der Waals surface area contributed by atoms with Crippen LogP contribution in [-0.2, 0) is 11.3 Å². The molecule has 1 N–H and O–H groups in total. The van der Waals surface area contributed by atoms with Gasteiger partial charge in [-0.15, -0.1) is 0 Å². The monoisotopic (exact) mass is 283 g/mol. The van der Waals surface area contributed by atoms with Crippen molar-refractivity contribution in [2.75, 3.05) is 25.0 Å². The predicted molar refractivity (Wildman–Crippen MR) is 78.8 cm³/mol. The van der Waals surface area contributed by atoms with E-state index in [-0.39, 0.29) is 11.7 Å². The van der Waals surface area contributed by atoms with Gasteiger partial charge in [-0.05, 0) is 40.0 Å². The van der Waals surface area contributed by atoms with Crippen LogP contribution in [-0.4, -0.2) is 36.8 Å². The molecular formula is C14H22ClN3O. The van der Waals surface area contributed by atoms with Gasteiger partial charge in [0.15, 0.2) is 0 Å². The Morgan fingerprint density at radius 2 is 2.26 bits per heavy atom. The minimum absolute atomic E-state index is 0.151. The molecule has 1 atom stereocenters. The molecule has 1 unspecified atom stereocenters. The van der Waals surface area contributed by atoms with Crippen LogP contribution in [0.15, 0.2) is 12.1 Å². The quantitative estimate of drug-likeness (QED) is 0.925. The minimum Gasteiger partial charge on any atom is -0.369 e. The zero-order chi connectivity index (χ0) is 14.0. The number of nitrogens with zero attached hydrogens (tertiary/aromatic N) is 2. The molecule has 1 fully saturated rings. The Bertz CT molecular complexity index is 450. The van der Waals surface area contributed by atoms with E-state index in [1.165, 1.54) is 0 Å². The van der Waals surface area contributed by atoms with E-state index in [2.05, 4.69) is 36.0 Å². The summed E-state index contributed by atoms with van der Waals surface area (Å²) in [7, 11) is 1.89. The fourth-order valence-corrected chi connectivity index (χ4v) is 2.74. The second-order valence-electron chi connectivity index (χ2n) is 5.70. The van der Waals surface area contributed by atoms with Gasteiger partial charge in [-0.3, -0.25) is 0 Å². The van der Waals surface area contributed by atoms with Gasteiger partial charge in [0.2, 0.25) is 0 Å². The highest BCUT2D eigenvalue weighted by Gasteiger charge is 2.32. The number of nitrogens with one attached hydrogen (secondary N) is 1. The third-order valence-corrected chi connectivity index (χ3v) is 3.49. The van der Waals surface area contributed by atoms with Crippen molar-refractivity contribution in [3.8, 4) is 0 Å². The van der Waals surface area contributed by atoms with Crippen LogP contribution in [0.4, 0.5) is 5.82 Å². The molecule has 0 aromatic carbocycles. The highest BCUT2D eigenvalue weighted by molar-refractivity contribution is 6.31. The zero-order valence-electron chi connectivity index (χ0n) is 12.0. The van der Waals surface area contributed by atoms with E-state index >= 15 is 0 Å². The molecule has 1 aromatic rings. The summed E-state index contributed by atoms with van der Waals surface area (Å²) in [6.07, 6.45) is 0.203. The lowest BCUT2D eigenvalue weighted by molar-refractivity contribution is -0.0751. The highest BCUT2D eigenvalue weighted by atomic mass is 35.5. The van der Waals surface area contributed by atoms with E-state index in [0.29, 0.717) is 11.6 Å². The number of aromatic nitrogens is 1. The van der Waals surface area contributed by atoms with E-state index in [1.807, 2.05) is 19.2 Å². The Balaban J connectivity index is 2.23. The molecule has 106 valence electrons. The number of hydrogen-bond donors (Lipinski definition) is 1. The summed E-state index contributed by atoms with van der Waals surface area (Å²) >= 11 is 6.15. The van der Waals surface area contributed by atoms with Crippen molar-refractivity contribution < 1.29 is 4.74 Å². The van der Waals surface area contributed by atoms with Crippen LogP contribution in [0.2, 0.25) is 5.02 Å². The van der Waals surface area contributed by atoms with Gasteiger partial charge in [-0.1, -0.05) is 11.6 Å². The summed E-state index contributed by atoms with van der Waals surface area (Å²) in [5.74, 6) is 0.970. The average Bonchev–Trinajstić information content (AvgIpc) is 2.29. The summed E-state index contributed by atoms with van der Waals surface area (Å²) in [6, 6.07) is 3.90. The second kappa shape index (κ2) is 5.65. The predicted octanol–water partition coefficient (Wildman–Crippen LogP) is 2.46. The number of morpholine rings is 1. The molecule has 0 spiro atoms. The van der Waals surface area contributed by atoms with Crippen molar-refractivity contribution in [1.82, 2.24) is 10.3 Å². The van der Waals surface area contributed by atoms with Crippen LogP contribution in [0.3, 0.4) is 0 Å². The van der Waals surface area contributed by atoms with Crippen LogP contribution >= 0.6 is 11.6 Å². The fourth-order valence-electron chi connectivity index (χ4n) is 2.57. The molecule has 0 saturated carbocycles. The van der Waals surface area contributed by atoms with Crippen molar-refractivity contribution in [3.63, 3.8) is 0 Å². The van der Waals surface area contributed by atoms with Gasteiger partial charge in [0, 0.05) is 19.6 Å². The smallest absolute Gasteiger partial charge is 0.129 e. The van der Waals surface area contributed by atoms with E-state index in [1.54, 1.807) is 0 Å². The Hall–Kier alpha value is -0.840. The number of halogens is 1. The van der Waals surface area contributed by atoms with Gasteiger partial charge >= 0.3 is 0 Å². The van der Waals surface area contributed by atoms with Gasteiger partial charge in [-0.2, -0.15) is 0 Å². The van der Waals surface area contributed by atoms with E-state index < -0.39 is 0 Å². The summed E-state index contributed by atoms with van der Waals surface area (Å²) in [4.78, 5) is 6.93. The molecule has 5 heteroatoms. The summed E-state index contributed by atoms with van der Waals surface area (Å²) < 4.78 is 5.92. The van der Waals surface area contributed by atoms with Crippen molar-refractivity contribution in [2.24, 2.45) is 0 Å². The Labute approximate surface area is 120 Å². The van der Waals surface area contributed by atoms with Gasteiger partial charge in [-0.25, -0.2) is 4.98 Å². The molecule has 1 aliphatic heterocycles. The molecule has 1 aromatic heterocycles. The number of hydrogen-bond acceptors (Lipinski definition) is 4. The van der Waals surface area contributed by atoms with E-state index in [9.17, 15) is 0 Å². The minimum atomic E-state index is -0.151. The lowest BCUT2D eigenvalue weighted by atomic mass is 10.1. The van der Waals surface area contributed by atoms with Crippen molar-refractivity contribution >= 4 is 17.4 Å². The molecule has 2 rings (SSSR count). The molecule has 4 nitrogen and oxygen atoms in total. The topological polar surface area (TPSA) is 37.4 Å². The van der Waals surface area contributed by atoms with Crippen LogP contribution < -0.4 is 10.2 Å². The number of ether oxygens (including phenoxy) is 1. The lowest BCUT2D eigenvalue weighted by Gasteiger charge is -2.42. The molecule has 19 heavy (non-hydrogen) atoms. The first-order chi connectivity index (χ1) is 8.91. The average molecular weight is 284 g/mol. The molecule has 1 saturated heterocycles.